The Morgan fingerprint density at radius 2 is 1.78 bits per heavy atom. The van der Waals surface area contributed by atoms with Gasteiger partial charge in [0.1, 0.15) is 5.75 Å². The predicted octanol–water partition coefficient (Wildman–Crippen LogP) is 1.45. The van der Waals surface area contributed by atoms with Crippen molar-refractivity contribution in [1.29, 1.82) is 0 Å². The minimum atomic E-state index is -3.51. The van der Waals surface area contributed by atoms with E-state index in [1.54, 1.807) is 12.1 Å². The van der Waals surface area contributed by atoms with Crippen molar-refractivity contribution in [2.75, 3.05) is 18.2 Å². The number of aliphatic carboxylic acids is 1. The largest absolute Gasteiger partial charge is 0.482 e. The van der Waals surface area contributed by atoms with Gasteiger partial charge in [-0.25, -0.2) is 13.2 Å². The van der Waals surface area contributed by atoms with Crippen molar-refractivity contribution >= 4 is 27.4 Å². The fourth-order valence-corrected chi connectivity index (χ4v) is 4.15. The molecule has 1 aromatic rings. The molecular weight excluding hydrogens is 322 g/mol. The second kappa shape index (κ2) is 6.57. The molecule has 0 aromatic heterocycles. The molecule has 2 N–H and O–H groups in total. The molecule has 126 valence electrons. The van der Waals surface area contributed by atoms with Crippen molar-refractivity contribution < 1.29 is 27.9 Å². The van der Waals surface area contributed by atoms with E-state index < -0.39 is 33.1 Å². The van der Waals surface area contributed by atoms with Gasteiger partial charge in [-0.2, -0.15) is 0 Å². The Hall–Kier alpha value is -2.09. The molecule has 0 radical (unpaired) electrons. The molecular formula is C15H19NO6S. The average molecular weight is 341 g/mol. The molecule has 0 saturated heterocycles. The van der Waals surface area contributed by atoms with Gasteiger partial charge in [-0.05, 0) is 37.1 Å². The van der Waals surface area contributed by atoms with Crippen LogP contribution in [-0.2, 0) is 19.4 Å². The number of ether oxygens (including phenoxy) is 1. The van der Waals surface area contributed by atoms with Crippen LogP contribution in [0.5, 0.6) is 5.75 Å². The minimum absolute atomic E-state index is 0.331. The first-order valence-electron chi connectivity index (χ1n) is 7.20. The van der Waals surface area contributed by atoms with Gasteiger partial charge in [-0.3, -0.25) is 4.79 Å². The number of sulfone groups is 1. The van der Waals surface area contributed by atoms with Gasteiger partial charge in [0.2, 0.25) is 5.91 Å². The number of hydrogen-bond acceptors (Lipinski definition) is 5. The molecule has 0 spiro atoms. The lowest BCUT2D eigenvalue weighted by Crippen LogP contribution is -2.47. The summed E-state index contributed by atoms with van der Waals surface area (Å²) in [6.45, 7) is -0.455. The van der Waals surface area contributed by atoms with Crippen LogP contribution in [0.3, 0.4) is 0 Å². The number of amides is 1. The van der Waals surface area contributed by atoms with Crippen LogP contribution in [-0.4, -0.2) is 43.0 Å². The fourth-order valence-electron chi connectivity index (χ4n) is 2.74. The molecule has 0 atom stereocenters. The van der Waals surface area contributed by atoms with E-state index in [2.05, 4.69) is 5.32 Å². The lowest BCUT2D eigenvalue weighted by molar-refractivity contribution is -0.139. The molecule has 23 heavy (non-hydrogen) atoms. The van der Waals surface area contributed by atoms with Gasteiger partial charge in [0.15, 0.2) is 21.2 Å². The number of carboxylic acid groups (broad SMARTS) is 1. The molecule has 1 aliphatic rings. The van der Waals surface area contributed by atoms with Crippen molar-refractivity contribution in [2.45, 2.75) is 30.4 Å². The number of rotatable bonds is 6. The quantitative estimate of drug-likeness (QED) is 0.810. The third-order valence-corrected chi connectivity index (χ3v) is 6.02. The van der Waals surface area contributed by atoms with Crippen LogP contribution in [0.4, 0.5) is 5.69 Å². The van der Waals surface area contributed by atoms with E-state index in [9.17, 15) is 18.0 Å². The zero-order valence-electron chi connectivity index (χ0n) is 12.7. The fraction of sp³-hybridized carbons (Fsp3) is 0.467. The van der Waals surface area contributed by atoms with Crippen LogP contribution in [0.1, 0.15) is 25.7 Å². The summed E-state index contributed by atoms with van der Waals surface area (Å²) in [6.07, 6.45) is 3.18. The number of benzene rings is 1. The summed E-state index contributed by atoms with van der Waals surface area (Å²) in [4.78, 5) is 22.9. The van der Waals surface area contributed by atoms with Gasteiger partial charge in [-0.15, -0.1) is 0 Å². The van der Waals surface area contributed by atoms with E-state index in [4.69, 9.17) is 9.84 Å². The highest BCUT2D eigenvalue weighted by Gasteiger charge is 2.49. The maximum Gasteiger partial charge on any atom is 0.341 e. The third-order valence-electron chi connectivity index (χ3n) is 4.01. The summed E-state index contributed by atoms with van der Waals surface area (Å²) in [5, 5.41) is 11.2. The second-order valence-corrected chi connectivity index (χ2v) is 7.96. The van der Waals surface area contributed by atoms with Crippen LogP contribution < -0.4 is 10.1 Å². The van der Waals surface area contributed by atoms with Crippen LogP contribution in [0.15, 0.2) is 24.3 Å². The van der Waals surface area contributed by atoms with Crippen LogP contribution >= 0.6 is 0 Å². The van der Waals surface area contributed by atoms with E-state index in [0.29, 0.717) is 37.1 Å². The SMILES string of the molecule is CS(=O)(=O)C1(C(=O)Nc2ccc(OCC(=O)O)cc2)CCCC1. The highest BCUT2D eigenvalue weighted by molar-refractivity contribution is 7.92. The summed E-state index contributed by atoms with van der Waals surface area (Å²) in [5.74, 6) is -1.25. The summed E-state index contributed by atoms with van der Waals surface area (Å²) < 4.78 is 27.7. The average Bonchev–Trinajstić information content (AvgIpc) is 2.97. The first-order valence-corrected chi connectivity index (χ1v) is 9.09. The molecule has 1 fully saturated rings. The Morgan fingerprint density at radius 1 is 1.22 bits per heavy atom. The topological polar surface area (TPSA) is 110 Å². The van der Waals surface area contributed by atoms with Gasteiger partial charge >= 0.3 is 5.97 Å². The molecule has 0 unspecified atom stereocenters. The molecule has 1 saturated carbocycles. The van der Waals surface area contributed by atoms with Crippen molar-refractivity contribution in [3.8, 4) is 5.75 Å². The normalized spacial score (nSPS) is 16.7. The first kappa shape index (κ1) is 17.3. The first-order chi connectivity index (χ1) is 10.7. The van der Waals surface area contributed by atoms with E-state index >= 15 is 0 Å². The zero-order chi connectivity index (χ0) is 17.1. The number of hydrogen-bond donors (Lipinski definition) is 2. The lowest BCUT2D eigenvalue weighted by Gasteiger charge is -2.25. The molecule has 7 nitrogen and oxygen atoms in total. The molecule has 1 amide bonds. The highest BCUT2D eigenvalue weighted by Crippen LogP contribution is 2.37. The summed E-state index contributed by atoms with van der Waals surface area (Å²) in [7, 11) is -3.51. The molecule has 2 rings (SSSR count). The minimum Gasteiger partial charge on any atom is -0.482 e. The lowest BCUT2D eigenvalue weighted by atomic mass is 10.1. The standard InChI is InChI=1S/C15H19NO6S/c1-23(20,21)15(8-2-3-9-15)14(19)16-11-4-6-12(7-5-11)22-10-13(17)18/h4-7H,2-3,8-10H2,1H3,(H,16,19)(H,17,18). The molecule has 0 heterocycles. The Kier molecular flexibility index (Phi) is 4.93. The Labute approximate surface area is 134 Å². The zero-order valence-corrected chi connectivity index (χ0v) is 13.6. The van der Waals surface area contributed by atoms with E-state index in [-0.39, 0.29) is 0 Å². The Balaban J connectivity index is 2.09. The van der Waals surface area contributed by atoms with Crippen molar-refractivity contribution in [1.82, 2.24) is 0 Å². The number of carboxylic acids is 1. The van der Waals surface area contributed by atoms with Crippen LogP contribution in [0, 0.1) is 0 Å². The maximum absolute atomic E-state index is 12.5. The highest BCUT2D eigenvalue weighted by atomic mass is 32.2. The number of anilines is 1. The van der Waals surface area contributed by atoms with Crippen molar-refractivity contribution in [3.63, 3.8) is 0 Å². The number of nitrogens with one attached hydrogen (secondary N) is 1. The van der Waals surface area contributed by atoms with Gasteiger partial charge in [0, 0.05) is 11.9 Å². The van der Waals surface area contributed by atoms with Crippen LogP contribution in [0.2, 0.25) is 0 Å². The molecule has 0 aliphatic heterocycles. The number of carbonyl (C=O) groups is 2. The molecule has 1 aromatic carbocycles. The summed E-state index contributed by atoms with van der Waals surface area (Å²) in [5.41, 5.74) is 0.438. The van der Waals surface area contributed by atoms with Crippen LogP contribution in [0.25, 0.3) is 0 Å². The second-order valence-electron chi connectivity index (χ2n) is 5.63. The van der Waals surface area contributed by atoms with E-state index in [1.165, 1.54) is 12.1 Å². The third kappa shape index (κ3) is 3.82. The van der Waals surface area contributed by atoms with E-state index in [0.717, 1.165) is 6.26 Å². The van der Waals surface area contributed by atoms with Gasteiger partial charge in [-0.1, -0.05) is 12.8 Å². The number of carbonyl (C=O) groups excluding carboxylic acids is 1. The maximum atomic E-state index is 12.5. The molecule has 8 heteroatoms. The van der Waals surface area contributed by atoms with Gasteiger partial charge in [0.25, 0.3) is 0 Å². The summed E-state index contributed by atoms with van der Waals surface area (Å²) >= 11 is 0. The van der Waals surface area contributed by atoms with Gasteiger partial charge < -0.3 is 15.2 Å². The molecule has 0 bridgehead atoms. The Morgan fingerprint density at radius 3 is 2.26 bits per heavy atom. The predicted molar refractivity (Wildman–Crippen MR) is 84.2 cm³/mol. The Bertz CT molecular complexity index is 689. The monoisotopic (exact) mass is 341 g/mol. The molecule has 1 aliphatic carbocycles. The van der Waals surface area contributed by atoms with Crippen molar-refractivity contribution in [2.24, 2.45) is 0 Å². The van der Waals surface area contributed by atoms with Crippen molar-refractivity contribution in [3.05, 3.63) is 24.3 Å². The smallest absolute Gasteiger partial charge is 0.341 e. The van der Waals surface area contributed by atoms with E-state index in [1.807, 2.05) is 0 Å². The summed E-state index contributed by atoms with van der Waals surface area (Å²) in [6, 6.07) is 6.11. The van der Waals surface area contributed by atoms with Gasteiger partial charge in [0.05, 0.1) is 0 Å².